The van der Waals surface area contributed by atoms with Crippen molar-refractivity contribution in [3.8, 4) is 0 Å². The maximum Gasteiger partial charge on any atom is 0.251 e. The zero-order chi connectivity index (χ0) is 17.4. The highest BCUT2D eigenvalue weighted by Crippen LogP contribution is 2.31. The Morgan fingerprint density at radius 3 is 2.72 bits per heavy atom. The Balaban J connectivity index is 1.61. The minimum atomic E-state index is 0.0812. The van der Waals surface area contributed by atoms with Crippen LogP contribution in [0, 0.1) is 0 Å². The maximum absolute atomic E-state index is 12.5. The van der Waals surface area contributed by atoms with Crippen molar-refractivity contribution in [3.63, 3.8) is 0 Å². The SMILES string of the molecule is CCN(CC)C1CCc2[nH]c3ccc(C(=O)NC4CCC4)cc3c2C1. The smallest absolute Gasteiger partial charge is 0.251 e. The maximum atomic E-state index is 12.5. The van der Waals surface area contributed by atoms with Gasteiger partial charge in [0.15, 0.2) is 0 Å². The van der Waals surface area contributed by atoms with Gasteiger partial charge in [-0.05, 0) is 75.4 Å². The van der Waals surface area contributed by atoms with Crippen molar-refractivity contribution in [1.82, 2.24) is 15.2 Å². The van der Waals surface area contributed by atoms with Gasteiger partial charge in [0.2, 0.25) is 0 Å². The number of carbonyl (C=O) groups excluding carboxylic acids is 1. The average Bonchev–Trinajstić information content (AvgIpc) is 2.96. The van der Waals surface area contributed by atoms with Gasteiger partial charge < -0.3 is 15.2 Å². The van der Waals surface area contributed by atoms with E-state index in [1.165, 1.54) is 35.0 Å². The highest BCUT2D eigenvalue weighted by atomic mass is 16.1. The van der Waals surface area contributed by atoms with Crippen molar-refractivity contribution in [2.24, 2.45) is 0 Å². The number of likely N-dealkylation sites (N-methyl/N-ethyl adjacent to an activating group) is 1. The second-order valence-electron chi connectivity index (χ2n) is 7.56. The number of aryl methyl sites for hydroxylation is 1. The fourth-order valence-electron chi connectivity index (χ4n) is 4.41. The Hall–Kier alpha value is -1.81. The third-order valence-corrected chi connectivity index (χ3v) is 6.19. The predicted octanol–water partition coefficient (Wildman–Crippen LogP) is 3.65. The second kappa shape index (κ2) is 6.83. The molecule has 4 nitrogen and oxygen atoms in total. The van der Waals surface area contributed by atoms with Gasteiger partial charge in [-0.15, -0.1) is 0 Å². The van der Waals surface area contributed by atoms with Gasteiger partial charge in [-0.25, -0.2) is 0 Å². The molecule has 2 aliphatic carbocycles. The van der Waals surface area contributed by atoms with Crippen LogP contribution in [0.3, 0.4) is 0 Å². The van der Waals surface area contributed by atoms with E-state index in [1.807, 2.05) is 6.07 Å². The van der Waals surface area contributed by atoms with Crippen LogP contribution in [0.2, 0.25) is 0 Å². The summed E-state index contributed by atoms with van der Waals surface area (Å²) in [6.07, 6.45) is 6.90. The zero-order valence-electron chi connectivity index (χ0n) is 15.4. The van der Waals surface area contributed by atoms with Gasteiger partial charge in [0.05, 0.1) is 0 Å². The Morgan fingerprint density at radius 2 is 2.04 bits per heavy atom. The Morgan fingerprint density at radius 1 is 1.24 bits per heavy atom. The van der Waals surface area contributed by atoms with Crippen molar-refractivity contribution >= 4 is 16.8 Å². The van der Waals surface area contributed by atoms with E-state index in [4.69, 9.17) is 0 Å². The fraction of sp³-hybridized carbons (Fsp3) is 0.571. The molecule has 1 aromatic carbocycles. The van der Waals surface area contributed by atoms with Crippen LogP contribution in [0.15, 0.2) is 18.2 Å². The lowest BCUT2D eigenvalue weighted by molar-refractivity contribution is 0.0917. The standard InChI is InChI=1S/C21H29N3O/c1-3-24(4-2)16-9-11-20-18(13-16)17-12-14(8-10-19(17)23-20)21(25)22-15-6-5-7-15/h8,10,12,15-16,23H,3-7,9,11,13H2,1-2H3,(H,22,25). The van der Waals surface area contributed by atoms with Crippen molar-refractivity contribution < 1.29 is 4.79 Å². The molecule has 1 atom stereocenters. The van der Waals surface area contributed by atoms with Gasteiger partial charge in [-0.2, -0.15) is 0 Å². The van der Waals surface area contributed by atoms with E-state index in [0.717, 1.165) is 44.3 Å². The van der Waals surface area contributed by atoms with E-state index in [0.29, 0.717) is 12.1 Å². The molecule has 4 rings (SSSR count). The largest absolute Gasteiger partial charge is 0.358 e. The summed E-state index contributed by atoms with van der Waals surface area (Å²) in [5.41, 5.74) is 4.77. The molecule has 25 heavy (non-hydrogen) atoms. The van der Waals surface area contributed by atoms with Gasteiger partial charge in [0.25, 0.3) is 5.91 Å². The normalized spacial score (nSPS) is 20.5. The molecule has 1 heterocycles. The minimum Gasteiger partial charge on any atom is -0.358 e. The number of carbonyl (C=O) groups is 1. The van der Waals surface area contributed by atoms with Crippen molar-refractivity contribution in [2.75, 3.05) is 13.1 Å². The number of H-pyrrole nitrogens is 1. The zero-order valence-corrected chi connectivity index (χ0v) is 15.4. The molecule has 1 aromatic heterocycles. The topological polar surface area (TPSA) is 48.1 Å². The molecule has 1 saturated carbocycles. The van der Waals surface area contributed by atoms with Gasteiger partial charge in [-0.3, -0.25) is 4.79 Å². The van der Waals surface area contributed by atoms with Crippen LogP contribution in [0.5, 0.6) is 0 Å². The summed E-state index contributed by atoms with van der Waals surface area (Å²) in [5.74, 6) is 0.0812. The molecule has 2 aromatic rings. The van der Waals surface area contributed by atoms with Gasteiger partial charge in [0.1, 0.15) is 0 Å². The number of hydrogen-bond acceptors (Lipinski definition) is 2. The van der Waals surface area contributed by atoms with Crippen LogP contribution in [0.1, 0.15) is 61.1 Å². The van der Waals surface area contributed by atoms with Crippen LogP contribution in [-0.4, -0.2) is 41.0 Å². The molecular weight excluding hydrogens is 310 g/mol. The number of nitrogens with one attached hydrogen (secondary N) is 2. The molecule has 1 fully saturated rings. The number of aromatic amines is 1. The fourth-order valence-corrected chi connectivity index (χ4v) is 4.41. The molecule has 134 valence electrons. The Bertz CT molecular complexity index is 771. The molecule has 0 saturated heterocycles. The number of benzene rings is 1. The van der Waals surface area contributed by atoms with E-state index in [2.05, 4.69) is 41.2 Å². The summed E-state index contributed by atoms with van der Waals surface area (Å²) in [6.45, 7) is 6.70. The molecular formula is C21H29N3O. The lowest BCUT2D eigenvalue weighted by Crippen LogP contribution is -2.39. The van der Waals surface area contributed by atoms with Crippen LogP contribution in [0.4, 0.5) is 0 Å². The first-order chi connectivity index (χ1) is 12.2. The number of aromatic nitrogens is 1. The second-order valence-corrected chi connectivity index (χ2v) is 7.56. The number of hydrogen-bond donors (Lipinski definition) is 2. The first kappa shape index (κ1) is 16.6. The first-order valence-corrected chi connectivity index (χ1v) is 9.88. The molecule has 1 amide bonds. The van der Waals surface area contributed by atoms with Crippen molar-refractivity contribution in [3.05, 3.63) is 35.0 Å². The van der Waals surface area contributed by atoms with Crippen LogP contribution < -0.4 is 5.32 Å². The summed E-state index contributed by atoms with van der Waals surface area (Å²) >= 11 is 0. The first-order valence-electron chi connectivity index (χ1n) is 9.88. The summed E-state index contributed by atoms with van der Waals surface area (Å²) in [4.78, 5) is 18.7. The molecule has 2 aliphatic rings. The van der Waals surface area contributed by atoms with E-state index in [1.54, 1.807) is 0 Å². The van der Waals surface area contributed by atoms with E-state index < -0.39 is 0 Å². The molecule has 2 N–H and O–H groups in total. The van der Waals surface area contributed by atoms with Crippen molar-refractivity contribution in [2.45, 2.75) is 64.5 Å². The lowest BCUT2D eigenvalue weighted by atomic mass is 9.90. The highest BCUT2D eigenvalue weighted by molar-refractivity contribution is 5.99. The summed E-state index contributed by atoms with van der Waals surface area (Å²) < 4.78 is 0. The molecule has 0 radical (unpaired) electrons. The monoisotopic (exact) mass is 339 g/mol. The minimum absolute atomic E-state index is 0.0812. The third kappa shape index (κ3) is 3.08. The molecule has 0 aliphatic heterocycles. The molecule has 0 spiro atoms. The predicted molar refractivity (Wildman–Crippen MR) is 102 cm³/mol. The van der Waals surface area contributed by atoms with E-state index >= 15 is 0 Å². The van der Waals surface area contributed by atoms with Gasteiger partial charge in [0, 0.05) is 34.2 Å². The van der Waals surface area contributed by atoms with Crippen molar-refractivity contribution in [1.29, 1.82) is 0 Å². The van der Waals surface area contributed by atoms with E-state index in [9.17, 15) is 4.79 Å². The number of nitrogens with zero attached hydrogens (tertiary/aromatic N) is 1. The summed E-state index contributed by atoms with van der Waals surface area (Å²) in [6, 6.07) is 7.14. The number of fused-ring (bicyclic) bond motifs is 3. The third-order valence-electron chi connectivity index (χ3n) is 6.19. The number of rotatable bonds is 5. The number of amides is 1. The van der Waals surface area contributed by atoms with Crippen LogP contribution in [0.25, 0.3) is 10.9 Å². The Kier molecular flexibility index (Phi) is 4.55. The van der Waals surface area contributed by atoms with Gasteiger partial charge in [-0.1, -0.05) is 13.8 Å². The highest BCUT2D eigenvalue weighted by Gasteiger charge is 2.26. The molecule has 4 heteroatoms. The van der Waals surface area contributed by atoms with Crippen LogP contribution >= 0.6 is 0 Å². The summed E-state index contributed by atoms with van der Waals surface area (Å²) in [5, 5.41) is 4.40. The molecule has 1 unspecified atom stereocenters. The van der Waals surface area contributed by atoms with Crippen LogP contribution in [-0.2, 0) is 12.8 Å². The lowest BCUT2D eigenvalue weighted by Gasteiger charge is -2.32. The molecule has 0 bridgehead atoms. The Labute approximate surface area is 150 Å². The summed E-state index contributed by atoms with van der Waals surface area (Å²) in [7, 11) is 0. The van der Waals surface area contributed by atoms with Gasteiger partial charge >= 0.3 is 0 Å². The average molecular weight is 339 g/mol. The van der Waals surface area contributed by atoms with E-state index in [-0.39, 0.29) is 5.91 Å². The quantitative estimate of drug-likeness (QED) is 0.873.